The second-order valence-electron chi connectivity index (χ2n) is 5.27. The average molecular weight is 284 g/mol. The fraction of sp³-hybridized carbons (Fsp3) is 0.278. The van der Waals surface area contributed by atoms with E-state index in [-0.39, 0.29) is 5.78 Å². The fourth-order valence-corrected chi connectivity index (χ4v) is 2.81. The third-order valence-corrected chi connectivity index (χ3v) is 4.40. The molecule has 0 unspecified atom stereocenters. The van der Waals surface area contributed by atoms with Crippen LogP contribution in [0, 0.1) is 0 Å². The standard InChI is InChI=1S/C18H20OS/c1-13(2)16-6-4-15(5-7-16)12-20-18-10-8-17(9-11-18)14(3)19/h4-11,13H,12H2,1-3H3. The summed E-state index contributed by atoms with van der Waals surface area (Å²) in [6.45, 7) is 6.01. The Balaban J connectivity index is 1.96. The summed E-state index contributed by atoms with van der Waals surface area (Å²) in [4.78, 5) is 12.4. The molecule has 20 heavy (non-hydrogen) atoms. The lowest BCUT2D eigenvalue weighted by Crippen LogP contribution is -1.90. The minimum Gasteiger partial charge on any atom is -0.295 e. The summed E-state index contributed by atoms with van der Waals surface area (Å²) in [5.41, 5.74) is 3.48. The van der Waals surface area contributed by atoms with Crippen LogP contribution in [0.3, 0.4) is 0 Å². The number of carbonyl (C=O) groups excluding carboxylic acids is 1. The maximum absolute atomic E-state index is 11.2. The molecular formula is C18H20OS. The smallest absolute Gasteiger partial charge is 0.159 e. The normalized spacial score (nSPS) is 10.8. The van der Waals surface area contributed by atoms with Crippen LogP contribution in [0.1, 0.15) is 48.2 Å². The van der Waals surface area contributed by atoms with Crippen LogP contribution in [0.5, 0.6) is 0 Å². The Labute approximate surface area is 125 Å². The molecule has 0 amide bonds. The van der Waals surface area contributed by atoms with Gasteiger partial charge in [-0.25, -0.2) is 0 Å². The van der Waals surface area contributed by atoms with Crippen molar-refractivity contribution in [2.24, 2.45) is 0 Å². The van der Waals surface area contributed by atoms with Gasteiger partial charge in [-0.15, -0.1) is 11.8 Å². The van der Waals surface area contributed by atoms with Gasteiger partial charge in [0, 0.05) is 16.2 Å². The zero-order valence-corrected chi connectivity index (χ0v) is 13.0. The molecule has 0 aromatic heterocycles. The zero-order valence-electron chi connectivity index (χ0n) is 12.2. The molecule has 0 N–H and O–H groups in total. The minimum atomic E-state index is 0.117. The first kappa shape index (κ1) is 14.9. The monoisotopic (exact) mass is 284 g/mol. The van der Waals surface area contributed by atoms with Crippen LogP contribution in [0.25, 0.3) is 0 Å². The molecule has 0 saturated heterocycles. The van der Waals surface area contributed by atoms with Gasteiger partial charge in [0.15, 0.2) is 5.78 Å². The predicted molar refractivity (Wildman–Crippen MR) is 86.5 cm³/mol. The van der Waals surface area contributed by atoms with E-state index in [4.69, 9.17) is 0 Å². The van der Waals surface area contributed by atoms with Gasteiger partial charge in [0.1, 0.15) is 0 Å². The molecule has 0 radical (unpaired) electrons. The van der Waals surface area contributed by atoms with E-state index in [9.17, 15) is 4.79 Å². The quantitative estimate of drug-likeness (QED) is 0.547. The van der Waals surface area contributed by atoms with Gasteiger partial charge in [-0.05, 0) is 36.1 Å². The van der Waals surface area contributed by atoms with Crippen LogP contribution in [0.15, 0.2) is 53.4 Å². The molecule has 104 valence electrons. The Hall–Kier alpha value is -1.54. The summed E-state index contributed by atoms with van der Waals surface area (Å²) in [7, 11) is 0. The Morgan fingerprint density at radius 3 is 2.10 bits per heavy atom. The van der Waals surface area contributed by atoms with Crippen molar-refractivity contribution in [3.8, 4) is 0 Å². The van der Waals surface area contributed by atoms with Crippen LogP contribution in [-0.2, 0) is 5.75 Å². The molecule has 0 heterocycles. The van der Waals surface area contributed by atoms with E-state index in [2.05, 4.69) is 38.1 Å². The molecule has 0 aliphatic carbocycles. The van der Waals surface area contributed by atoms with E-state index in [1.807, 2.05) is 24.3 Å². The molecule has 0 fully saturated rings. The van der Waals surface area contributed by atoms with Gasteiger partial charge in [0.25, 0.3) is 0 Å². The number of thioether (sulfide) groups is 1. The van der Waals surface area contributed by atoms with E-state index in [1.165, 1.54) is 16.0 Å². The first-order valence-electron chi connectivity index (χ1n) is 6.89. The summed E-state index contributed by atoms with van der Waals surface area (Å²) in [5.74, 6) is 1.65. The predicted octanol–water partition coefficient (Wildman–Crippen LogP) is 5.30. The lowest BCUT2D eigenvalue weighted by atomic mass is 10.0. The van der Waals surface area contributed by atoms with Gasteiger partial charge in [-0.2, -0.15) is 0 Å². The molecule has 0 atom stereocenters. The molecule has 0 aliphatic rings. The second-order valence-corrected chi connectivity index (χ2v) is 6.31. The molecule has 2 aromatic rings. The van der Waals surface area contributed by atoms with E-state index in [0.29, 0.717) is 5.92 Å². The van der Waals surface area contributed by atoms with Crippen molar-refractivity contribution in [1.29, 1.82) is 0 Å². The van der Waals surface area contributed by atoms with E-state index in [0.717, 1.165) is 11.3 Å². The van der Waals surface area contributed by atoms with Gasteiger partial charge >= 0.3 is 0 Å². The van der Waals surface area contributed by atoms with Gasteiger partial charge in [-0.1, -0.05) is 50.2 Å². The summed E-state index contributed by atoms with van der Waals surface area (Å²) >= 11 is 1.80. The summed E-state index contributed by atoms with van der Waals surface area (Å²) < 4.78 is 0. The molecule has 2 rings (SSSR count). The largest absolute Gasteiger partial charge is 0.295 e. The van der Waals surface area contributed by atoms with E-state index < -0.39 is 0 Å². The highest BCUT2D eigenvalue weighted by Crippen LogP contribution is 2.24. The average Bonchev–Trinajstić information content (AvgIpc) is 2.46. The van der Waals surface area contributed by atoms with Crippen molar-refractivity contribution in [2.75, 3.05) is 0 Å². The summed E-state index contributed by atoms with van der Waals surface area (Å²) in [5, 5.41) is 0. The third-order valence-electron chi connectivity index (χ3n) is 3.31. The number of rotatable bonds is 5. The topological polar surface area (TPSA) is 17.1 Å². The maximum Gasteiger partial charge on any atom is 0.159 e. The highest BCUT2D eigenvalue weighted by Gasteiger charge is 2.02. The van der Waals surface area contributed by atoms with Crippen molar-refractivity contribution in [3.05, 3.63) is 65.2 Å². The van der Waals surface area contributed by atoms with Crippen molar-refractivity contribution in [1.82, 2.24) is 0 Å². The molecule has 0 bridgehead atoms. The van der Waals surface area contributed by atoms with Gasteiger partial charge in [0.2, 0.25) is 0 Å². The Morgan fingerprint density at radius 1 is 1.00 bits per heavy atom. The Morgan fingerprint density at radius 2 is 1.60 bits per heavy atom. The van der Waals surface area contributed by atoms with E-state index >= 15 is 0 Å². The number of hydrogen-bond acceptors (Lipinski definition) is 2. The second kappa shape index (κ2) is 6.76. The van der Waals surface area contributed by atoms with Crippen LogP contribution >= 0.6 is 11.8 Å². The third kappa shape index (κ3) is 3.97. The number of carbonyl (C=O) groups is 1. The zero-order chi connectivity index (χ0) is 14.5. The number of ketones is 1. The van der Waals surface area contributed by atoms with Crippen LogP contribution < -0.4 is 0 Å². The van der Waals surface area contributed by atoms with E-state index in [1.54, 1.807) is 18.7 Å². The molecule has 0 aliphatic heterocycles. The van der Waals surface area contributed by atoms with Crippen molar-refractivity contribution in [2.45, 2.75) is 37.3 Å². The molecule has 0 saturated carbocycles. The summed E-state index contributed by atoms with van der Waals surface area (Å²) in [6.07, 6.45) is 0. The highest BCUT2D eigenvalue weighted by molar-refractivity contribution is 7.98. The molecular weight excluding hydrogens is 264 g/mol. The highest BCUT2D eigenvalue weighted by atomic mass is 32.2. The van der Waals surface area contributed by atoms with Crippen molar-refractivity contribution < 1.29 is 4.79 Å². The molecule has 2 heteroatoms. The Bertz CT molecular complexity index is 567. The van der Waals surface area contributed by atoms with Gasteiger partial charge < -0.3 is 0 Å². The van der Waals surface area contributed by atoms with Crippen molar-refractivity contribution >= 4 is 17.5 Å². The van der Waals surface area contributed by atoms with Crippen LogP contribution in [0.2, 0.25) is 0 Å². The number of hydrogen-bond donors (Lipinski definition) is 0. The maximum atomic E-state index is 11.2. The molecule has 0 spiro atoms. The Kier molecular flexibility index (Phi) is 5.02. The first-order chi connectivity index (χ1) is 9.56. The first-order valence-corrected chi connectivity index (χ1v) is 7.87. The number of benzene rings is 2. The minimum absolute atomic E-state index is 0.117. The SMILES string of the molecule is CC(=O)c1ccc(SCc2ccc(C(C)C)cc2)cc1. The molecule has 1 nitrogen and oxygen atoms in total. The van der Waals surface area contributed by atoms with Crippen LogP contribution in [-0.4, -0.2) is 5.78 Å². The lowest BCUT2D eigenvalue weighted by molar-refractivity contribution is 0.101. The van der Waals surface area contributed by atoms with Crippen LogP contribution in [0.4, 0.5) is 0 Å². The fourth-order valence-electron chi connectivity index (χ4n) is 1.95. The lowest BCUT2D eigenvalue weighted by Gasteiger charge is -2.07. The van der Waals surface area contributed by atoms with Gasteiger partial charge in [0.05, 0.1) is 0 Å². The van der Waals surface area contributed by atoms with Gasteiger partial charge in [-0.3, -0.25) is 4.79 Å². The summed E-state index contributed by atoms with van der Waals surface area (Å²) in [6, 6.07) is 16.6. The number of Topliss-reactive ketones (excluding diaryl/α,β-unsaturated/α-hetero) is 1. The van der Waals surface area contributed by atoms with Crippen molar-refractivity contribution in [3.63, 3.8) is 0 Å². The molecule has 2 aromatic carbocycles.